The standard InChI is InChI=1S/C22H33N3O2/c26-22(25-14-12-24(13-15-25)21-8-16-27-17-9-21)20-6-4-19(5-7-20)18-23-10-2-1-3-11-23/h4-7,21H,1-3,8-18H2. The van der Waals surface area contributed by atoms with Gasteiger partial charge < -0.3 is 9.64 Å². The molecule has 0 saturated carbocycles. The zero-order chi connectivity index (χ0) is 18.5. The summed E-state index contributed by atoms with van der Waals surface area (Å²) in [5.41, 5.74) is 2.15. The van der Waals surface area contributed by atoms with Gasteiger partial charge >= 0.3 is 0 Å². The van der Waals surface area contributed by atoms with Gasteiger partial charge in [-0.25, -0.2) is 0 Å². The number of benzene rings is 1. The lowest BCUT2D eigenvalue weighted by atomic mass is 10.1. The molecule has 0 N–H and O–H groups in total. The Morgan fingerprint density at radius 2 is 1.56 bits per heavy atom. The van der Waals surface area contributed by atoms with Crippen LogP contribution in [0.25, 0.3) is 0 Å². The minimum Gasteiger partial charge on any atom is -0.381 e. The molecular formula is C22H33N3O2. The number of amides is 1. The van der Waals surface area contributed by atoms with Gasteiger partial charge in [-0.3, -0.25) is 14.6 Å². The number of carbonyl (C=O) groups is 1. The second-order valence-electron chi connectivity index (χ2n) is 8.21. The Morgan fingerprint density at radius 3 is 2.22 bits per heavy atom. The van der Waals surface area contributed by atoms with E-state index in [1.165, 1.54) is 37.9 Å². The summed E-state index contributed by atoms with van der Waals surface area (Å²) < 4.78 is 5.47. The molecule has 1 aromatic rings. The molecule has 3 heterocycles. The van der Waals surface area contributed by atoms with Crippen LogP contribution in [0.1, 0.15) is 48.0 Å². The monoisotopic (exact) mass is 371 g/mol. The lowest BCUT2D eigenvalue weighted by Crippen LogP contribution is -2.53. The fourth-order valence-corrected chi connectivity index (χ4v) is 4.65. The van der Waals surface area contributed by atoms with Crippen molar-refractivity contribution in [2.45, 2.75) is 44.7 Å². The second kappa shape index (κ2) is 9.18. The summed E-state index contributed by atoms with van der Waals surface area (Å²) in [5, 5.41) is 0. The molecule has 27 heavy (non-hydrogen) atoms. The summed E-state index contributed by atoms with van der Waals surface area (Å²) in [6.07, 6.45) is 6.26. The first-order valence-corrected chi connectivity index (χ1v) is 10.7. The predicted octanol–water partition coefficient (Wildman–Crippen LogP) is 2.61. The first-order chi connectivity index (χ1) is 13.3. The van der Waals surface area contributed by atoms with Gasteiger partial charge in [0.05, 0.1) is 0 Å². The van der Waals surface area contributed by atoms with E-state index in [1.807, 2.05) is 17.0 Å². The smallest absolute Gasteiger partial charge is 0.253 e. The van der Waals surface area contributed by atoms with Crippen LogP contribution in [0.5, 0.6) is 0 Å². The van der Waals surface area contributed by atoms with Crippen LogP contribution in [-0.2, 0) is 11.3 Å². The quantitative estimate of drug-likeness (QED) is 0.815. The van der Waals surface area contributed by atoms with Crippen LogP contribution < -0.4 is 0 Å². The molecule has 0 bridgehead atoms. The van der Waals surface area contributed by atoms with Crippen LogP contribution in [0.4, 0.5) is 0 Å². The normalized spacial score (nSPS) is 23.5. The minimum absolute atomic E-state index is 0.186. The number of hydrogen-bond acceptors (Lipinski definition) is 4. The Bertz CT molecular complexity index is 598. The maximum atomic E-state index is 12.9. The number of piperidine rings is 1. The van der Waals surface area contributed by atoms with Gasteiger partial charge in [-0.15, -0.1) is 0 Å². The maximum Gasteiger partial charge on any atom is 0.253 e. The van der Waals surface area contributed by atoms with E-state index in [2.05, 4.69) is 21.9 Å². The summed E-state index contributed by atoms with van der Waals surface area (Å²) in [6.45, 7) is 8.85. The third kappa shape index (κ3) is 4.89. The number of carbonyl (C=O) groups excluding carboxylic acids is 1. The molecule has 0 spiro atoms. The molecule has 3 aliphatic heterocycles. The Hall–Kier alpha value is -1.43. The van der Waals surface area contributed by atoms with Crippen LogP contribution in [0.2, 0.25) is 0 Å². The number of hydrogen-bond donors (Lipinski definition) is 0. The highest BCUT2D eigenvalue weighted by Gasteiger charge is 2.27. The van der Waals surface area contributed by atoms with E-state index < -0.39 is 0 Å². The lowest BCUT2D eigenvalue weighted by molar-refractivity contribution is 0.0137. The van der Waals surface area contributed by atoms with E-state index in [4.69, 9.17) is 4.74 Å². The molecule has 3 aliphatic rings. The number of nitrogens with zero attached hydrogens (tertiary/aromatic N) is 3. The van der Waals surface area contributed by atoms with E-state index >= 15 is 0 Å². The van der Waals surface area contributed by atoms with Gasteiger partial charge in [0.2, 0.25) is 0 Å². The average molecular weight is 372 g/mol. The molecule has 1 amide bonds. The van der Waals surface area contributed by atoms with Crippen LogP contribution in [-0.4, -0.2) is 79.1 Å². The molecular weight excluding hydrogens is 338 g/mol. The summed E-state index contributed by atoms with van der Waals surface area (Å²) in [6, 6.07) is 8.96. The first kappa shape index (κ1) is 18.9. The summed E-state index contributed by atoms with van der Waals surface area (Å²) in [7, 11) is 0. The Morgan fingerprint density at radius 1 is 0.889 bits per heavy atom. The molecule has 0 aromatic heterocycles. The summed E-state index contributed by atoms with van der Waals surface area (Å²) in [4.78, 5) is 20.0. The van der Waals surface area contributed by atoms with Crippen LogP contribution in [0.15, 0.2) is 24.3 Å². The van der Waals surface area contributed by atoms with Gasteiger partial charge in [0.1, 0.15) is 0 Å². The Labute approximate surface area is 163 Å². The fraction of sp³-hybridized carbons (Fsp3) is 0.682. The largest absolute Gasteiger partial charge is 0.381 e. The molecule has 0 aliphatic carbocycles. The van der Waals surface area contributed by atoms with Gasteiger partial charge in [-0.05, 0) is 56.5 Å². The van der Waals surface area contributed by atoms with Crippen LogP contribution in [0.3, 0.4) is 0 Å². The molecule has 5 heteroatoms. The molecule has 0 radical (unpaired) electrons. The van der Waals surface area contributed by atoms with Crippen LogP contribution >= 0.6 is 0 Å². The fourth-order valence-electron chi connectivity index (χ4n) is 4.65. The highest BCUT2D eigenvalue weighted by molar-refractivity contribution is 5.94. The third-order valence-corrected chi connectivity index (χ3v) is 6.36. The third-order valence-electron chi connectivity index (χ3n) is 6.36. The molecule has 1 aromatic carbocycles. The van der Waals surface area contributed by atoms with E-state index in [1.54, 1.807) is 0 Å². The molecule has 3 saturated heterocycles. The molecule has 148 valence electrons. The average Bonchev–Trinajstić information content (AvgIpc) is 2.75. The molecule has 3 fully saturated rings. The highest BCUT2D eigenvalue weighted by atomic mass is 16.5. The van der Waals surface area contributed by atoms with Crippen molar-refractivity contribution in [3.8, 4) is 0 Å². The SMILES string of the molecule is O=C(c1ccc(CN2CCCCC2)cc1)N1CCN(C2CCOCC2)CC1. The number of rotatable bonds is 4. The van der Waals surface area contributed by atoms with Gasteiger partial charge in [0.25, 0.3) is 5.91 Å². The molecule has 5 nitrogen and oxygen atoms in total. The van der Waals surface area contributed by atoms with Crippen molar-refractivity contribution in [2.75, 3.05) is 52.5 Å². The number of ether oxygens (including phenoxy) is 1. The van der Waals surface area contributed by atoms with E-state index in [9.17, 15) is 4.79 Å². The second-order valence-corrected chi connectivity index (χ2v) is 8.21. The highest BCUT2D eigenvalue weighted by Crippen LogP contribution is 2.18. The zero-order valence-electron chi connectivity index (χ0n) is 16.4. The maximum absolute atomic E-state index is 12.9. The Balaban J connectivity index is 1.28. The topological polar surface area (TPSA) is 36.0 Å². The van der Waals surface area contributed by atoms with Crippen molar-refractivity contribution in [2.24, 2.45) is 0 Å². The lowest BCUT2D eigenvalue weighted by Gasteiger charge is -2.40. The number of likely N-dealkylation sites (tertiary alicyclic amines) is 1. The van der Waals surface area contributed by atoms with Crippen molar-refractivity contribution >= 4 is 5.91 Å². The van der Waals surface area contributed by atoms with E-state index in [0.717, 1.165) is 64.3 Å². The molecule has 0 atom stereocenters. The molecule has 4 rings (SSSR count). The van der Waals surface area contributed by atoms with E-state index in [-0.39, 0.29) is 5.91 Å². The van der Waals surface area contributed by atoms with Gasteiger partial charge in [-0.1, -0.05) is 18.6 Å². The van der Waals surface area contributed by atoms with Gasteiger partial charge in [0.15, 0.2) is 0 Å². The van der Waals surface area contributed by atoms with Crippen molar-refractivity contribution in [3.63, 3.8) is 0 Å². The van der Waals surface area contributed by atoms with Crippen molar-refractivity contribution in [1.29, 1.82) is 0 Å². The van der Waals surface area contributed by atoms with Gasteiger partial charge in [0, 0.05) is 57.5 Å². The number of piperazine rings is 1. The summed E-state index contributed by atoms with van der Waals surface area (Å²) in [5.74, 6) is 0.186. The zero-order valence-corrected chi connectivity index (χ0v) is 16.4. The van der Waals surface area contributed by atoms with Crippen molar-refractivity contribution < 1.29 is 9.53 Å². The van der Waals surface area contributed by atoms with Crippen molar-refractivity contribution in [1.82, 2.24) is 14.7 Å². The van der Waals surface area contributed by atoms with Gasteiger partial charge in [-0.2, -0.15) is 0 Å². The predicted molar refractivity (Wildman–Crippen MR) is 107 cm³/mol. The summed E-state index contributed by atoms with van der Waals surface area (Å²) >= 11 is 0. The van der Waals surface area contributed by atoms with Crippen molar-refractivity contribution in [3.05, 3.63) is 35.4 Å². The molecule has 0 unspecified atom stereocenters. The first-order valence-electron chi connectivity index (χ1n) is 10.7. The minimum atomic E-state index is 0.186. The van der Waals surface area contributed by atoms with E-state index in [0.29, 0.717) is 6.04 Å². The van der Waals surface area contributed by atoms with Crippen LogP contribution in [0, 0.1) is 0 Å². The Kier molecular flexibility index (Phi) is 6.43.